The Morgan fingerprint density at radius 2 is 2.21 bits per heavy atom. The number of benzene rings is 1. The minimum atomic E-state index is 0.0863. The molecule has 1 N–H and O–H groups in total. The normalized spacial score (nSPS) is 10.1. The first kappa shape index (κ1) is 11.1. The number of aryl methyl sites for hydroxylation is 1. The summed E-state index contributed by atoms with van der Waals surface area (Å²) in [5.41, 5.74) is 1.48. The van der Waals surface area contributed by atoms with Gasteiger partial charge in [0.1, 0.15) is 5.75 Å². The van der Waals surface area contributed by atoms with Gasteiger partial charge < -0.3 is 5.11 Å². The zero-order valence-electron chi connectivity index (χ0n) is 8.09. The molecule has 1 rings (SSSR count). The Hall–Kier alpha value is -1.02. The highest BCUT2D eigenvalue weighted by Crippen LogP contribution is 2.17. The van der Waals surface area contributed by atoms with Gasteiger partial charge in [0.25, 0.3) is 0 Å². The lowest BCUT2D eigenvalue weighted by atomic mass is 10.0. The van der Waals surface area contributed by atoms with Gasteiger partial charge >= 0.3 is 0 Å². The number of Topliss-reactive ketones (excluding diaryl/α,β-unsaturated/α-hetero) is 1. The molecule has 0 aromatic heterocycles. The maximum absolute atomic E-state index is 11.6. The van der Waals surface area contributed by atoms with E-state index in [1.807, 2.05) is 6.92 Å². The highest BCUT2D eigenvalue weighted by Gasteiger charge is 2.08. The maximum atomic E-state index is 11.6. The number of carbonyl (C=O) groups excluding carboxylic acids is 1. The van der Waals surface area contributed by atoms with Crippen LogP contribution in [0.3, 0.4) is 0 Å². The maximum Gasteiger partial charge on any atom is 0.163 e. The zero-order valence-corrected chi connectivity index (χ0v) is 8.84. The number of ketones is 1. The molecule has 0 aliphatic carbocycles. The van der Waals surface area contributed by atoms with E-state index in [0.29, 0.717) is 24.3 Å². The fourth-order valence-electron chi connectivity index (χ4n) is 1.32. The first-order valence-electron chi connectivity index (χ1n) is 4.54. The minimum absolute atomic E-state index is 0.0863. The summed E-state index contributed by atoms with van der Waals surface area (Å²) in [6.07, 6.45) is 1.16. The number of alkyl halides is 1. The van der Waals surface area contributed by atoms with Crippen LogP contribution in [0.1, 0.15) is 28.8 Å². The molecule has 0 radical (unpaired) electrons. The van der Waals surface area contributed by atoms with Crippen LogP contribution in [0.4, 0.5) is 0 Å². The molecule has 0 saturated carbocycles. The molecule has 0 bridgehead atoms. The second-order valence-corrected chi connectivity index (χ2v) is 3.59. The Morgan fingerprint density at radius 1 is 1.50 bits per heavy atom. The summed E-state index contributed by atoms with van der Waals surface area (Å²) in [5, 5.41) is 9.16. The third kappa shape index (κ3) is 2.74. The first-order valence-corrected chi connectivity index (χ1v) is 5.07. The van der Waals surface area contributed by atoms with Crippen molar-refractivity contribution in [1.82, 2.24) is 0 Å². The Balaban J connectivity index is 2.80. The minimum Gasteiger partial charge on any atom is -0.508 e. The molecule has 14 heavy (non-hydrogen) atoms. The van der Waals surface area contributed by atoms with Crippen molar-refractivity contribution in [3.63, 3.8) is 0 Å². The van der Waals surface area contributed by atoms with Gasteiger partial charge in [0.15, 0.2) is 5.78 Å². The molecule has 1 aromatic carbocycles. The molecule has 0 spiro atoms. The van der Waals surface area contributed by atoms with Gasteiger partial charge in [0.05, 0.1) is 0 Å². The van der Waals surface area contributed by atoms with Crippen LogP contribution < -0.4 is 0 Å². The Morgan fingerprint density at radius 3 is 2.79 bits per heavy atom. The van der Waals surface area contributed by atoms with Crippen LogP contribution in [-0.2, 0) is 0 Å². The van der Waals surface area contributed by atoms with Crippen molar-refractivity contribution in [3.05, 3.63) is 29.3 Å². The van der Waals surface area contributed by atoms with E-state index in [1.54, 1.807) is 12.1 Å². The molecule has 0 aliphatic heterocycles. The van der Waals surface area contributed by atoms with Crippen molar-refractivity contribution in [2.75, 3.05) is 5.88 Å². The lowest BCUT2D eigenvalue weighted by Gasteiger charge is -2.04. The largest absolute Gasteiger partial charge is 0.508 e. The average Bonchev–Trinajstić information content (AvgIpc) is 2.14. The third-order valence-electron chi connectivity index (χ3n) is 2.05. The van der Waals surface area contributed by atoms with Gasteiger partial charge in [0.2, 0.25) is 0 Å². The second kappa shape index (κ2) is 5.01. The van der Waals surface area contributed by atoms with Gasteiger partial charge in [0, 0.05) is 17.9 Å². The number of hydrogen-bond donors (Lipinski definition) is 1. The van der Waals surface area contributed by atoms with Crippen molar-refractivity contribution in [3.8, 4) is 5.75 Å². The molecule has 76 valence electrons. The highest BCUT2D eigenvalue weighted by atomic mass is 35.5. The summed E-state index contributed by atoms with van der Waals surface area (Å²) in [5.74, 6) is 0.780. The molecule has 0 atom stereocenters. The summed E-state index contributed by atoms with van der Waals surface area (Å²) in [4.78, 5) is 11.6. The van der Waals surface area contributed by atoms with E-state index >= 15 is 0 Å². The molecule has 0 heterocycles. The predicted octanol–water partition coefficient (Wildman–Crippen LogP) is 2.90. The van der Waals surface area contributed by atoms with E-state index in [0.717, 1.165) is 5.56 Å². The fourth-order valence-corrected chi connectivity index (χ4v) is 1.46. The molecular formula is C11H13ClO2. The number of aromatic hydroxyl groups is 1. The standard InChI is InChI=1S/C11H13ClO2/c1-8-7-9(13)4-5-10(8)11(14)3-2-6-12/h4-5,7,13H,2-3,6H2,1H3. The van der Waals surface area contributed by atoms with Gasteiger partial charge in [-0.25, -0.2) is 0 Å². The van der Waals surface area contributed by atoms with E-state index in [-0.39, 0.29) is 11.5 Å². The molecule has 2 nitrogen and oxygen atoms in total. The van der Waals surface area contributed by atoms with E-state index in [1.165, 1.54) is 6.07 Å². The van der Waals surface area contributed by atoms with Crippen LogP contribution in [-0.4, -0.2) is 16.8 Å². The van der Waals surface area contributed by atoms with E-state index < -0.39 is 0 Å². The van der Waals surface area contributed by atoms with Crippen LogP contribution in [0, 0.1) is 6.92 Å². The monoisotopic (exact) mass is 212 g/mol. The van der Waals surface area contributed by atoms with Crippen LogP contribution in [0.5, 0.6) is 5.75 Å². The molecule has 0 aliphatic rings. The Labute approximate surface area is 88.5 Å². The van der Waals surface area contributed by atoms with Crippen LogP contribution >= 0.6 is 11.6 Å². The molecule has 3 heteroatoms. The molecule has 0 amide bonds. The summed E-state index contributed by atoms with van der Waals surface area (Å²) in [7, 11) is 0. The smallest absolute Gasteiger partial charge is 0.163 e. The highest BCUT2D eigenvalue weighted by molar-refractivity contribution is 6.18. The van der Waals surface area contributed by atoms with Crippen LogP contribution in [0.15, 0.2) is 18.2 Å². The van der Waals surface area contributed by atoms with Crippen molar-refractivity contribution in [2.45, 2.75) is 19.8 Å². The number of halogens is 1. The number of carbonyl (C=O) groups is 1. The fraction of sp³-hybridized carbons (Fsp3) is 0.364. The summed E-state index contributed by atoms with van der Waals surface area (Å²) in [6, 6.07) is 4.77. The number of rotatable bonds is 4. The van der Waals surface area contributed by atoms with E-state index in [2.05, 4.69) is 0 Å². The number of hydrogen-bond acceptors (Lipinski definition) is 2. The van der Waals surface area contributed by atoms with Gasteiger partial charge in [-0.05, 0) is 37.1 Å². The lowest BCUT2D eigenvalue weighted by molar-refractivity contribution is 0.0981. The Kier molecular flexibility index (Phi) is 3.96. The van der Waals surface area contributed by atoms with Gasteiger partial charge in [-0.2, -0.15) is 0 Å². The first-order chi connectivity index (χ1) is 6.65. The van der Waals surface area contributed by atoms with Crippen molar-refractivity contribution >= 4 is 17.4 Å². The van der Waals surface area contributed by atoms with Gasteiger partial charge in [-0.3, -0.25) is 4.79 Å². The third-order valence-corrected chi connectivity index (χ3v) is 2.32. The topological polar surface area (TPSA) is 37.3 Å². The van der Waals surface area contributed by atoms with Gasteiger partial charge in [-0.1, -0.05) is 0 Å². The summed E-state index contributed by atoms with van der Waals surface area (Å²) in [6.45, 7) is 1.81. The second-order valence-electron chi connectivity index (χ2n) is 3.21. The quantitative estimate of drug-likeness (QED) is 0.616. The lowest BCUT2D eigenvalue weighted by Crippen LogP contribution is -2.01. The zero-order chi connectivity index (χ0) is 10.6. The summed E-state index contributed by atoms with van der Waals surface area (Å²) < 4.78 is 0. The Bertz CT molecular complexity index is 334. The number of phenols is 1. The van der Waals surface area contributed by atoms with Crippen molar-refractivity contribution < 1.29 is 9.90 Å². The predicted molar refractivity (Wildman–Crippen MR) is 57.1 cm³/mol. The van der Waals surface area contributed by atoms with Crippen molar-refractivity contribution in [2.24, 2.45) is 0 Å². The molecular weight excluding hydrogens is 200 g/mol. The molecule has 0 saturated heterocycles. The van der Waals surface area contributed by atoms with E-state index in [9.17, 15) is 4.79 Å². The molecule has 0 fully saturated rings. The van der Waals surface area contributed by atoms with E-state index in [4.69, 9.17) is 16.7 Å². The van der Waals surface area contributed by atoms with Gasteiger partial charge in [-0.15, -0.1) is 11.6 Å². The summed E-state index contributed by atoms with van der Waals surface area (Å²) >= 11 is 5.51. The van der Waals surface area contributed by atoms with Crippen LogP contribution in [0.25, 0.3) is 0 Å². The number of phenolic OH excluding ortho intramolecular Hbond substituents is 1. The SMILES string of the molecule is Cc1cc(O)ccc1C(=O)CCCCl. The van der Waals surface area contributed by atoms with Crippen LogP contribution in [0.2, 0.25) is 0 Å². The molecule has 1 aromatic rings. The average molecular weight is 213 g/mol. The molecule has 0 unspecified atom stereocenters. The van der Waals surface area contributed by atoms with Crippen molar-refractivity contribution in [1.29, 1.82) is 0 Å².